The van der Waals surface area contributed by atoms with Crippen LogP contribution < -0.4 is 11.1 Å². The second-order valence-corrected chi connectivity index (χ2v) is 7.01. The Morgan fingerprint density at radius 3 is 2.75 bits per heavy atom. The maximum Gasteiger partial charge on any atom is 0.419 e. The van der Waals surface area contributed by atoms with E-state index >= 15 is 0 Å². The summed E-state index contributed by atoms with van der Waals surface area (Å²) in [6.07, 6.45) is 1.72. The van der Waals surface area contributed by atoms with Crippen molar-refractivity contribution in [1.82, 2.24) is 9.47 Å². The maximum atomic E-state index is 12.8. The lowest BCUT2D eigenvalue weighted by Crippen LogP contribution is -2.43. The van der Waals surface area contributed by atoms with Crippen molar-refractivity contribution in [2.24, 2.45) is 7.05 Å². The van der Waals surface area contributed by atoms with Crippen LogP contribution in [0.15, 0.2) is 57.7 Å². The first-order valence-corrected chi connectivity index (χ1v) is 9.27. The van der Waals surface area contributed by atoms with Crippen molar-refractivity contribution >= 4 is 28.6 Å². The number of anilines is 1. The van der Waals surface area contributed by atoms with Crippen LogP contribution >= 0.6 is 0 Å². The number of nitrogens with one attached hydrogen (secondary N) is 1. The first-order chi connectivity index (χ1) is 13.5. The average Bonchev–Trinajstić information content (AvgIpc) is 3.29. The number of amides is 2. The number of oxazole rings is 1. The Morgan fingerprint density at radius 1 is 1.18 bits per heavy atom. The molecule has 1 aliphatic rings. The van der Waals surface area contributed by atoms with Crippen molar-refractivity contribution in [2.75, 3.05) is 11.9 Å². The van der Waals surface area contributed by atoms with Gasteiger partial charge in [0.15, 0.2) is 5.58 Å². The number of nitrogens with zero attached hydrogens (tertiary/aromatic N) is 2. The summed E-state index contributed by atoms with van der Waals surface area (Å²) in [5, 5.41) is 2.87. The van der Waals surface area contributed by atoms with Crippen molar-refractivity contribution in [2.45, 2.75) is 25.3 Å². The van der Waals surface area contributed by atoms with E-state index in [1.165, 1.54) is 4.57 Å². The summed E-state index contributed by atoms with van der Waals surface area (Å²) in [4.78, 5) is 38.8. The molecule has 3 aromatic rings. The molecule has 2 aromatic carbocycles. The van der Waals surface area contributed by atoms with Crippen molar-refractivity contribution in [3.63, 3.8) is 0 Å². The molecule has 0 saturated carbocycles. The molecule has 4 rings (SSSR count). The zero-order chi connectivity index (χ0) is 19.7. The van der Waals surface area contributed by atoms with E-state index in [0.29, 0.717) is 29.8 Å². The normalized spacial score (nSPS) is 16.5. The Morgan fingerprint density at radius 2 is 1.96 bits per heavy atom. The zero-order valence-corrected chi connectivity index (χ0v) is 15.6. The SMILES string of the molecule is Cn1c(=O)oc2ccc(NC(=O)C3CCCN3C(=O)Cc3ccccc3)cc21. The van der Waals surface area contributed by atoms with Crippen LogP contribution in [0.2, 0.25) is 0 Å². The Kier molecular flexibility index (Phi) is 4.73. The quantitative estimate of drug-likeness (QED) is 0.754. The summed E-state index contributed by atoms with van der Waals surface area (Å²) in [7, 11) is 1.61. The molecule has 0 radical (unpaired) electrons. The second-order valence-electron chi connectivity index (χ2n) is 7.01. The van der Waals surface area contributed by atoms with Crippen LogP contribution in [0, 0.1) is 0 Å². The molecule has 1 atom stereocenters. The van der Waals surface area contributed by atoms with Crippen LogP contribution in [0.3, 0.4) is 0 Å². The summed E-state index contributed by atoms with van der Waals surface area (Å²) in [6.45, 7) is 0.582. The predicted octanol–water partition coefficient (Wildman–Crippen LogP) is 2.30. The highest BCUT2D eigenvalue weighted by molar-refractivity contribution is 5.98. The molecule has 1 N–H and O–H groups in total. The Hall–Kier alpha value is -3.35. The van der Waals surface area contributed by atoms with Crippen molar-refractivity contribution in [3.05, 3.63) is 64.6 Å². The molecule has 144 valence electrons. The molecule has 2 amide bonds. The van der Waals surface area contributed by atoms with Crippen LogP contribution in [0.25, 0.3) is 11.1 Å². The van der Waals surface area contributed by atoms with Gasteiger partial charge < -0.3 is 14.6 Å². The molecule has 0 spiro atoms. The van der Waals surface area contributed by atoms with Gasteiger partial charge in [0.25, 0.3) is 0 Å². The second kappa shape index (κ2) is 7.34. The van der Waals surface area contributed by atoms with Crippen LogP contribution in [0.4, 0.5) is 5.69 Å². The lowest BCUT2D eigenvalue weighted by Gasteiger charge is -2.24. The maximum absolute atomic E-state index is 12.8. The highest BCUT2D eigenvalue weighted by Crippen LogP contribution is 2.22. The fourth-order valence-corrected chi connectivity index (χ4v) is 3.64. The summed E-state index contributed by atoms with van der Waals surface area (Å²) < 4.78 is 6.49. The van der Waals surface area contributed by atoms with Gasteiger partial charge in [-0.15, -0.1) is 0 Å². The number of rotatable bonds is 4. The lowest BCUT2D eigenvalue weighted by atomic mass is 10.1. The highest BCUT2D eigenvalue weighted by Gasteiger charge is 2.34. The minimum absolute atomic E-state index is 0.0449. The van der Waals surface area contributed by atoms with E-state index in [1.807, 2.05) is 30.3 Å². The molecular weight excluding hydrogens is 358 g/mol. The first kappa shape index (κ1) is 18.0. The van der Waals surface area contributed by atoms with Gasteiger partial charge in [-0.2, -0.15) is 0 Å². The number of carbonyl (C=O) groups excluding carboxylic acids is 2. The number of hydrogen-bond donors (Lipinski definition) is 1. The largest absolute Gasteiger partial charge is 0.419 e. The summed E-state index contributed by atoms with van der Waals surface area (Å²) >= 11 is 0. The summed E-state index contributed by atoms with van der Waals surface area (Å²) in [5.41, 5.74) is 2.57. The van der Waals surface area contributed by atoms with Crippen molar-refractivity contribution in [3.8, 4) is 0 Å². The molecule has 1 fully saturated rings. The van der Waals surface area contributed by atoms with Gasteiger partial charge in [-0.05, 0) is 36.6 Å². The third kappa shape index (κ3) is 3.43. The number of benzene rings is 2. The van der Waals surface area contributed by atoms with Crippen LogP contribution in [-0.2, 0) is 23.1 Å². The number of aryl methyl sites for hydroxylation is 1. The molecule has 0 aliphatic carbocycles. The Labute approximate surface area is 161 Å². The van der Waals surface area contributed by atoms with Crippen LogP contribution in [-0.4, -0.2) is 33.9 Å². The standard InChI is InChI=1S/C21H21N3O4/c1-23-17-13-15(9-10-18(17)28-21(23)27)22-20(26)16-8-5-11-24(16)19(25)12-14-6-3-2-4-7-14/h2-4,6-7,9-10,13,16H,5,8,11-12H2,1H3,(H,22,26). The van der Waals surface area contributed by atoms with Crippen LogP contribution in [0.5, 0.6) is 0 Å². The van der Waals surface area contributed by atoms with E-state index in [2.05, 4.69) is 5.32 Å². The predicted molar refractivity (Wildman–Crippen MR) is 105 cm³/mol. The molecule has 2 heterocycles. The monoisotopic (exact) mass is 379 g/mol. The number of likely N-dealkylation sites (tertiary alicyclic amines) is 1. The van der Waals surface area contributed by atoms with Crippen molar-refractivity contribution < 1.29 is 14.0 Å². The summed E-state index contributed by atoms with van der Waals surface area (Å²) in [5.74, 6) is -0.713. The van der Waals surface area contributed by atoms with E-state index < -0.39 is 11.8 Å². The van der Waals surface area contributed by atoms with Gasteiger partial charge in [0.1, 0.15) is 6.04 Å². The number of aromatic nitrogens is 1. The molecule has 28 heavy (non-hydrogen) atoms. The molecule has 7 heteroatoms. The van der Waals surface area contributed by atoms with E-state index in [1.54, 1.807) is 30.1 Å². The van der Waals surface area contributed by atoms with E-state index in [0.717, 1.165) is 12.0 Å². The van der Waals surface area contributed by atoms with E-state index in [9.17, 15) is 14.4 Å². The zero-order valence-electron chi connectivity index (χ0n) is 15.6. The van der Waals surface area contributed by atoms with Gasteiger partial charge in [0.05, 0.1) is 11.9 Å². The molecule has 1 saturated heterocycles. The fraction of sp³-hybridized carbons (Fsp3) is 0.286. The number of carbonyl (C=O) groups is 2. The molecule has 0 bridgehead atoms. The Balaban J connectivity index is 1.48. The lowest BCUT2D eigenvalue weighted by molar-refractivity contribution is -0.136. The third-order valence-electron chi connectivity index (χ3n) is 5.13. The van der Waals surface area contributed by atoms with E-state index in [-0.39, 0.29) is 18.2 Å². The first-order valence-electron chi connectivity index (χ1n) is 9.27. The third-order valence-corrected chi connectivity index (χ3v) is 5.13. The minimum atomic E-state index is -0.486. The smallest absolute Gasteiger partial charge is 0.408 e. The van der Waals surface area contributed by atoms with Gasteiger partial charge in [-0.3, -0.25) is 14.2 Å². The van der Waals surface area contributed by atoms with Gasteiger partial charge in [-0.25, -0.2) is 4.79 Å². The molecule has 1 aromatic heterocycles. The van der Waals surface area contributed by atoms with Crippen LogP contribution in [0.1, 0.15) is 18.4 Å². The number of hydrogen-bond acceptors (Lipinski definition) is 4. The molecule has 1 unspecified atom stereocenters. The number of fused-ring (bicyclic) bond motifs is 1. The van der Waals surface area contributed by atoms with E-state index in [4.69, 9.17) is 4.42 Å². The Bertz CT molecular complexity index is 1080. The fourth-order valence-electron chi connectivity index (χ4n) is 3.64. The minimum Gasteiger partial charge on any atom is -0.408 e. The van der Waals surface area contributed by atoms with Crippen molar-refractivity contribution in [1.29, 1.82) is 0 Å². The average molecular weight is 379 g/mol. The van der Waals surface area contributed by atoms with Gasteiger partial charge in [0.2, 0.25) is 11.8 Å². The van der Waals surface area contributed by atoms with Gasteiger partial charge in [-0.1, -0.05) is 30.3 Å². The molecule has 7 nitrogen and oxygen atoms in total. The molecular formula is C21H21N3O4. The molecule has 1 aliphatic heterocycles. The highest BCUT2D eigenvalue weighted by atomic mass is 16.4. The van der Waals surface area contributed by atoms with Gasteiger partial charge in [0, 0.05) is 19.3 Å². The topological polar surface area (TPSA) is 84.6 Å². The van der Waals surface area contributed by atoms with Gasteiger partial charge >= 0.3 is 5.76 Å². The summed E-state index contributed by atoms with van der Waals surface area (Å²) in [6, 6.07) is 14.1.